The number of nitrogens with one attached hydrogen (secondary N) is 3. The van der Waals surface area contributed by atoms with Crippen LogP contribution in [0.25, 0.3) is 10.9 Å². The Morgan fingerprint density at radius 3 is 2.38 bits per heavy atom. The molecule has 2 aromatic carbocycles. The number of fused-ring (bicyclic) bond motifs is 1. The predicted molar refractivity (Wildman–Crippen MR) is 116 cm³/mol. The van der Waals surface area contributed by atoms with E-state index in [1.165, 1.54) is 0 Å². The summed E-state index contributed by atoms with van der Waals surface area (Å²) in [6.07, 6.45) is 1.58. The molecule has 0 aliphatic rings. The van der Waals surface area contributed by atoms with E-state index in [2.05, 4.69) is 21.2 Å². The van der Waals surface area contributed by atoms with E-state index in [0.29, 0.717) is 16.9 Å². The Morgan fingerprint density at radius 2 is 1.69 bits per heavy atom. The summed E-state index contributed by atoms with van der Waals surface area (Å²) in [5, 5.41) is 4.05. The lowest BCUT2D eigenvalue weighted by atomic mass is 10.1. The zero-order valence-electron chi connectivity index (χ0n) is 15.8. The summed E-state index contributed by atoms with van der Waals surface area (Å²) in [5.74, 6) is -0.620. The van der Waals surface area contributed by atoms with Crippen molar-refractivity contribution in [2.75, 3.05) is 31.4 Å². The second-order valence-electron chi connectivity index (χ2n) is 6.52. The molecule has 0 bridgehead atoms. The lowest BCUT2D eigenvalue weighted by Gasteiger charge is -2.15. The Morgan fingerprint density at radius 1 is 1.00 bits per heavy atom. The van der Waals surface area contributed by atoms with Gasteiger partial charge in [-0.05, 0) is 38.4 Å². The molecular weight excluding hydrogens is 413 g/mol. The maximum absolute atomic E-state index is 12.7. The third-order valence-electron chi connectivity index (χ3n) is 4.01. The maximum Gasteiger partial charge on any atom is 0.258 e. The molecular formula is C20H19Cl2N5O2. The summed E-state index contributed by atoms with van der Waals surface area (Å²) in [6.45, 7) is 0.246. The fourth-order valence-electron chi connectivity index (χ4n) is 2.75. The van der Waals surface area contributed by atoms with Gasteiger partial charge in [0.05, 0.1) is 39.0 Å². The van der Waals surface area contributed by atoms with Gasteiger partial charge < -0.3 is 10.2 Å². The molecule has 3 N–H and O–H groups in total. The van der Waals surface area contributed by atoms with E-state index in [-0.39, 0.29) is 28.1 Å². The van der Waals surface area contributed by atoms with Gasteiger partial charge in [0.2, 0.25) is 0 Å². The Hall–Kier alpha value is -2.87. The third-order valence-corrected chi connectivity index (χ3v) is 4.64. The molecule has 2 amide bonds. The first-order chi connectivity index (χ1) is 13.9. The van der Waals surface area contributed by atoms with E-state index in [1.807, 2.05) is 20.2 Å². The van der Waals surface area contributed by atoms with E-state index >= 15 is 0 Å². The number of para-hydroxylation sites is 1. The SMILES string of the molecule is CN(C)CC(=O)NNc1ccnc2c(NC(=O)c3c(Cl)cccc3Cl)cccc12. The zero-order chi connectivity index (χ0) is 21.0. The molecule has 3 rings (SSSR count). The van der Waals surface area contributed by atoms with Crippen molar-refractivity contribution in [2.24, 2.45) is 0 Å². The van der Waals surface area contributed by atoms with Crippen LogP contribution in [0.3, 0.4) is 0 Å². The molecule has 0 unspecified atom stereocenters. The van der Waals surface area contributed by atoms with Crippen LogP contribution in [-0.4, -0.2) is 42.3 Å². The minimum absolute atomic E-state index is 0.183. The molecule has 0 atom stereocenters. The molecule has 9 heteroatoms. The highest BCUT2D eigenvalue weighted by molar-refractivity contribution is 6.40. The number of hydrogen-bond donors (Lipinski definition) is 3. The Kier molecular flexibility index (Phi) is 6.53. The van der Waals surface area contributed by atoms with Gasteiger partial charge in [-0.25, -0.2) is 0 Å². The maximum atomic E-state index is 12.7. The number of hydrogen-bond acceptors (Lipinski definition) is 5. The largest absolute Gasteiger partial charge is 0.320 e. The van der Waals surface area contributed by atoms with Crippen LogP contribution in [0.1, 0.15) is 10.4 Å². The van der Waals surface area contributed by atoms with Gasteiger partial charge in [0, 0.05) is 11.6 Å². The number of rotatable bonds is 6. The number of benzene rings is 2. The molecule has 0 radical (unpaired) electrons. The smallest absolute Gasteiger partial charge is 0.258 e. The number of likely N-dealkylation sites (N-methyl/N-ethyl adjacent to an activating group) is 1. The number of aromatic nitrogens is 1. The van der Waals surface area contributed by atoms with Crippen molar-refractivity contribution in [3.05, 3.63) is 64.3 Å². The molecule has 0 spiro atoms. The average molecular weight is 432 g/mol. The van der Waals surface area contributed by atoms with Gasteiger partial charge in [0.25, 0.3) is 11.8 Å². The minimum atomic E-state index is -0.437. The first kappa shape index (κ1) is 20.9. The van der Waals surface area contributed by atoms with E-state index in [1.54, 1.807) is 47.5 Å². The molecule has 29 heavy (non-hydrogen) atoms. The van der Waals surface area contributed by atoms with Crippen LogP contribution >= 0.6 is 23.2 Å². The fourth-order valence-corrected chi connectivity index (χ4v) is 3.32. The highest BCUT2D eigenvalue weighted by Crippen LogP contribution is 2.29. The lowest BCUT2D eigenvalue weighted by Crippen LogP contribution is -2.36. The molecule has 3 aromatic rings. The van der Waals surface area contributed by atoms with Crippen LogP contribution in [0, 0.1) is 0 Å². The second kappa shape index (κ2) is 9.09. The quantitative estimate of drug-likeness (QED) is 0.516. The van der Waals surface area contributed by atoms with Crippen LogP contribution in [0.4, 0.5) is 11.4 Å². The molecule has 7 nitrogen and oxygen atoms in total. The number of hydrazine groups is 1. The minimum Gasteiger partial charge on any atom is -0.320 e. The third kappa shape index (κ3) is 4.95. The lowest BCUT2D eigenvalue weighted by molar-refractivity contribution is -0.121. The highest BCUT2D eigenvalue weighted by atomic mass is 35.5. The van der Waals surface area contributed by atoms with Crippen LogP contribution < -0.4 is 16.2 Å². The van der Waals surface area contributed by atoms with Gasteiger partial charge in [-0.1, -0.05) is 41.4 Å². The number of nitrogens with zero attached hydrogens (tertiary/aromatic N) is 2. The number of carbonyl (C=O) groups is 2. The van der Waals surface area contributed by atoms with E-state index in [9.17, 15) is 9.59 Å². The molecule has 1 heterocycles. The van der Waals surface area contributed by atoms with Crippen molar-refractivity contribution in [1.82, 2.24) is 15.3 Å². The van der Waals surface area contributed by atoms with E-state index in [0.717, 1.165) is 5.39 Å². The average Bonchev–Trinajstić information content (AvgIpc) is 2.66. The normalized spacial score (nSPS) is 10.8. The fraction of sp³-hybridized carbons (Fsp3) is 0.150. The summed E-state index contributed by atoms with van der Waals surface area (Å²) >= 11 is 12.3. The Labute approximate surface area is 178 Å². The highest BCUT2D eigenvalue weighted by Gasteiger charge is 2.16. The van der Waals surface area contributed by atoms with Crippen LogP contribution in [0.5, 0.6) is 0 Å². The summed E-state index contributed by atoms with van der Waals surface area (Å²) in [7, 11) is 3.61. The van der Waals surface area contributed by atoms with E-state index < -0.39 is 5.91 Å². The molecule has 0 aliphatic carbocycles. The van der Waals surface area contributed by atoms with Crippen LogP contribution in [-0.2, 0) is 4.79 Å². The first-order valence-electron chi connectivity index (χ1n) is 8.69. The van der Waals surface area contributed by atoms with Gasteiger partial charge in [-0.15, -0.1) is 0 Å². The molecule has 0 fully saturated rings. The van der Waals surface area contributed by atoms with Crippen molar-refractivity contribution in [3.63, 3.8) is 0 Å². The molecule has 1 aromatic heterocycles. The zero-order valence-corrected chi connectivity index (χ0v) is 17.3. The number of anilines is 2. The van der Waals surface area contributed by atoms with Crippen molar-refractivity contribution < 1.29 is 9.59 Å². The van der Waals surface area contributed by atoms with Crippen molar-refractivity contribution in [3.8, 4) is 0 Å². The first-order valence-corrected chi connectivity index (χ1v) is 9.45. The second-order valence-corrected chi connectivity index (χ2v) is 7.34. The summed E-state index contributed by atoms with van der Waals surface area (Å²) in [6, 6.07) is 11.9. The number of carbonyl (C=O) groups excluding carboxylic acids is 2. The monoisotopic (exact) mass is 431 g/mol. The standard InChI is InChI=1S/C20H19Cl2N5O2/c1-27(2)11-17(28)26-25-15-9-10-23-19-12(15)5-3-8-16(19)24-20(29)18-13(21)6-4-7-14(18)22/h3-10H,11H2,1-2H3,(H,23,25)(H,24,29)(H,26,28). The van der Waals surface area contributed by atoms with E-state index in [4.69, 9.17) is 23.2 Å². The summed E-state index contributed by atoms with van der Waals surface area (Å²) in [5.41, 5.74) is 7.43. The van der Waals surface area contributed by atoms with Gasteiger partial charge in [0.1, 0.15) is 0 Å². The number of halogens is 2. The van der Waals surface area contributed by atoms with Crippen LogP contribution in [0.2, 0.25) is 10.0 Å². The van der Waals surface area contributed by atoms with Gasteiger partial charge in [-0.2, -0.15) is 0 Å². The molecule has 0 saturated carbocycles. The van der Waals surface area contributed by atoms with Crippen molar-refractivity contribution >= 4 is 57.3 Å². The Balaban J connectivity index is 1.87. The molecule has 0 aliphatic heterocycles. The van der Waals surface area contributed by atoms with Crippen molar-refractivity contribution in [2.45, 2.75) is 0 Å². The molecule has 0 saturated heterocycles. The summed E-state index contributed by atoms with van der Waals surface area (Å²) < 4.78 is 0. The molecule has 150 valence electrons. The van der Waals surface area contributed by atoms with Gasteiger partial charge in [0.15, 0.2) is 0 Å². The Bertz CT molecular complexity index is 1050. The topological polar surface area (TPSA) is 86.4 Å². The summed E-state index contributed by atoms with van der Waals surface area (Å²) in [4.78, 5) is 30.7. The predicted octanol–water partition coefficient (Wildman–Crippen LogP) is 3.80. The van der Waals surface area contributed by atoms with Gasteiger partial charge >= 0.3 is 0 Å². The van der Waals surface area contributed by atoms with Gasteiger partial charge in [-0.3, -0.25) is 25.4 Å². The number of pyridine rings is 1. The van der Waals surface area contributed by atoms with Crippen LogP contribution in [0.15, 0.2) is 48.7 Å². The van der Waals surface area contributed by atoms with Crippen molar-refractivity contribution in [1.29, 1.82) is 0 Å². The number of amides is 2.